The Hall–Kier alpha value is -3.74. The maximum Gasteiger partial charge on any atom is 0.257 e. The first kappa shape index (κ1) is 20.5. The van der Waals surface area contributed by atoms with E-state index in [1.165, 1.54) is 6.20 Å². The van der Waals surface area contributed by atoms with E-state index < -0.39 is 0 Å². The van der Waals surface area contributed by atoms with Gasteiger partial charge in [0.2, 0.25) is 5.88 Å². The molecule has 1 aromatic carbocycles. The zero-order valence-electron chi connectivity index (χ0n) is 18.0. The van der Waals surface area contributed by atoms with Gasteiger partial charge in [0, 0.05) is 41.6 Å². The average Bonchev–Trinajstić information content (AvgIpc) is 3.24. The van der Waals surface area contributed by atoms with Gasteiger partial charge in [-0.05, 0) is 51.5 Å². The maximum absolute atomic E-state index is 12.8. The molecule has 7 nitrogen and oxygen atoms in total. The second-order valence-corrected chi connectivity index (χ2v) is 7.87. The highest BCUT2D eigenvalue weighted by atomic mass is 16.5. The van der Waals surface area contributed by atoms with Crippen molar-refractivity contribution >= 4 is 22.5 Å². The number of para-hydroxylation sites is 1. The number of carbonyl (C=O) groups is 1. The first-order chi connectivity index (χ1) is 14.9. The lowest BCUT2D eigenvalue weighted by molar-refractivity contribution is 0.102. The van der Waals surface area contributed by atoms with Crippen molar-refractivity contribution in [2.45, 2.75) is 39.8 Å². The van der Waals surface area contributed by atoms with Crippen LogP contribution in [0.3, 0.4) is 0 Å². The highest BCUT2D eigenvalue weighted by Gasteiger charge is 2.13. The molecule has 0 aliphatic carbocycles. The molecule has 0 atom stereocenters. The molecule has 0 aliphatic heterocycles. The summed E-state index contributed by atoms with van der Waals surface area (Å²) in [5.41, 5.74) is 3.84. The Bertz CT molecular complexity index is 1210. The van der Waals surface area contributed by atoms with Gasteiger partial charge in [0.1, 0.15) is 0 Å². The van der Waals surface area contributed by atoms with E-state index in [9.17, 15) is 4.79 Å². The minimum Gasteiger partial charge on any atom is -0.475 e. The number of carbonyl (C=O) groups excluding carboxylic acids is 1. The third-order valence-corrected chi connectivity index (χ3v) is 4.82. The number of rotatable bonds is 6. The van der Waals surface area contributed by atoms with Gasteiger partial charge in [0.15, 0.2) is 0 Å². The summed E-state index contributed by atoms with van der Waals surface area (Å²) < 4.78 is 7.46. The highest BCUT2D eigenvalue weighted by Crippen LogP contribution is 2.31. The smallest absolute Gasteiger partial charge is 0.257 e. The van der Waals surface area contributed by atoms with Crippen molar-refractivity contribution in [3.8, 4) is 17.0 Å². The topological polar surface area (TPSA) is 81.9 Å². The lowest BCUT2D eigenvalue weighted by Crippen LogP contribution is -2.13. The van der Waals surface area contributed by atoms with Crippen LogP contribution < -0.4 is 10.1 Å². The Balaban J connectivity index is 1.63. The SMILES string of the molecule is CC(C)Oc1ccc(C(=O)Nc2cccc3c(-c4cnn(C(C)C)c4)ccnc23)cn1. The average molecular weight is 415 g/mol. The molecule has 0 saturated carbocycles. The van der Waals surface area contributed by atoms with E-state index in [2.05, 4.69) is 34.2 Å². The largest absolute Gasteiger partial charge is 0.475 e. The Morgan fingerprint density at radius 3 is 2.55 bits per heavy atom. The molecule has 1 N–H and O–H groups in total. The summed E-state index contributed by atoms with van der Waals surface area (Å²) in [6.07, 6.45) is 7.16. The van der Waals surface area contributed by atoms with E-state index in [0.717, 1.165) is 22.0 Å². The van der Waals surface area contributed by atoms with E-state index in [1.54, 1.807) is 18.3 Å². The quantitative estimate of drug-likeness (QED) is 0.473. The summed E-state index contributed by atoms with van der Waals surface area (Å²) >= 11 is 0. The van der Waals surface area contributed by atoms with Crippen LogP contribution in [0, 0.1) is 0 Å². The number of anilines is 1. The molecule has 158 valence electrons. The van der Waals surface area contributed by atoms with Gasteiger partial charge >= 0.3 is 0 Å². The minimum absolute atomic E-state index is 0.0239. The number of fused-ring (bicyclic) bond motifs is 1. The zero-order chi connectivity index (χ0) is 22.0. The number of amides is 1. The third kappa shape index (κ3) is 4.40. The maximum atomic E-state index is 12.8. The van der Waals surface area contributed by atoms with Gasteiger partial charge in [-0.1, -0.05) is 12.1 Å². The fraction of sp³-hybridized carbons (Fsp3) is 0.250. The van der Waals surface area contributed by atoms with Gasteiger partial charge in [0.05, 0.1) is 29.1 Å². The number of benzene rings is 1. The van der Waals surface area contributed by atoms with Crippen molar-refractivity contribution in [2.75, 3.05) is 5.32 Å². The fourth-order valence-electron chi connectivity index (χ4n) is 3.31. The molecule has 3 heterocycles. The molecule has 0 radical (unpaired) electrons. The monoisotopic (exact) mass is 415 g/mol. The van der Waals surface area contributed by atoms with E-state index >= 15 is 0 Å². The summed E-state index contributed by atoms with van der Waals surface area (Å²) in [6.45, 7) is 8.03. The predicted octanol–water partition coefficient (Wildman–Crippen LogP) is 5.11. The molecule has 0 bridgehead atoms. The molecule has 0 saturated heterocycles. The molecule has 4 aromatic rings. The number of nitrogens with zero attached hydrogens (tertiary/aromatic N) is 4. The molecule has 0 unspecified atom stereocenters. The van der Waals surface area contributed by atoms with Crippen LogP contribution in [0.15, 0.2) is 61.2 Å². The Labute approximate surface area is 181 Å². The van der Waals surface area contributed by atoms with Crippen LogP contribution in [-0.4, -0.2) is 31.8 Å². The Morgan fingerprint density at radius 1 is 1.03 bits per heavy atom. The first-order valence-electron chi connectivity index (χ1n) is 10.3. The number of ether oxygens (including phenoxy) is 1. The van der Waals surface area contributed by atoms with Gasteiger partial charge in [-0.25, -0.2) is 4.98 Å². The summed E-state index contributed by atoms with van der Waals surface area (Å²) in [7, 11) is 0. The standard InChI is InChI=1S/C24H25N5O2/c1-15(2)29-14-18(13-27-29)19-10-11-25-23-20(19)6-5-7-21(23)28-24(30)17-8-9-22(26-12-17)31-16(3)4/h5-16H,1-4H3,(H,28,30). The molecule has 0 spiro atoms. The summed E-state index contributed by atoms with van der Waals surface area (Å²) in [6, 6.07) is 11.4. The number of nitrogens with one attached hydrogen (secondary N) is 1. The highest BCUT2D eigenvalue weighted by molar-refractivity contribution is 6.10. The molecular weight excluding hydrogens is 390 g/mol. The van der Waals surface area contributed by atoms with Crippen LogP contribution in [0.2, 0.25) is 0 Å². The molecule has 0 aliphatic rings. The van der Waals surface area contributed by atoms with Crippen LogP contribution in [0.5, 0.6) is 5.88 Å². The number of pyridine rings is 2. The van der Waals surface area contributed by atoms with Gasteiger partial charge < -0.3 is 10.1 Å². The molecule has 1 amide bonds. The molecule has 4 rings (SSSR count). The van der Waals surface area contributed by atoms with Crippen LogP contribution in [0.25, 0.3) is 22.0 Å². The second kappa shape index (κ2) is 8.55. The lowest BCUT2D eigenvalue weighted by Gasteiger charge is -2.11. The van der Waals surface area contributed by atoms with E-state index in [0.29, 0.717) is 17.1 Å². The van der Waals surface area contributed by atoms with E-state index in [-0.39, 0.29) is 18.1 Å². The summed E-state index contributed by atoms with van der Waals surface area (Å²) in [5.74, 6) is 0.237. The van der Waals surface area contributed by atoms with Gasteiger partial charge in [-0.3, -0.25) is 14.5 Å². The van der Waals surface area contributed by atoms with Crippen molar-refractivity contribution in [1.29, 1.82) is 0 Å². The Morgan fingerprint density at radius 2 is 1.87 bits per heavy atom. The van der Waals surface area contributed by atoms with Crippen molar-refractivity contribution in [2.24, 2.45) is 0 Å². The van der Waals surface area contributed by atoms with E-state index in [1.807, 2.05) is 55.2 Å². The molecule has 7 heteroatoms. The van der Waals surface area contributed by atoms with Gasteiger partial charge in [0.25, 0.3) is 5.91 Å². The summed E-state index contributed by atoms with van der Waals surface area (Å²) in [5, 5.41) is 8.35. The van der Waals surface area contributed by atoms with Crippen LogP contribution in [0.4, 0.5) is 5.69 Å². The molecule has 3 aromatic heterocycles. The molecule has 31 heavy (non-hydrogen) atoms. The zero-order valence-corrected chi connectivity index (χ0v) is 18.0. The third-order valence-electron chi connectivity index (χ3n) is 4.82. The van der Waals surface area contributed by atoms with Crippen molar-refractivity contribution in [3.63, 3.8) is 0 Å². The lowest BCUT2D eigenvalue weighted by atomic mass is 10.0. The number of hydrogen-bond acceptors (Lipinski definition) is 5. The minimum atomic E-state index is -0.254. The number of hydrogen-bond donors (Lipinski definition) is 1. The summed E-state index contributed by atoms with van der Waals surface area (Å²) in [4.78, 5) is 21.5. The Kier molecular flexibility index (Phi) is 5.66. The normalized spacial score (nSPS) is 11.3. The van der Waals surface area contributed by atoms with Crippen LogP contribution in [-0.2, 0) is 0 Å². The second-order valence-electron chi connectivity index (χ2n) is 7.87. The molecule has 0 fully saturated rings. The van der Waals surface area contributed by atoms with Crippen LogP contribution in [0.1, 0.15) is 44.1 Å². The number of aromatic nitrogens is 4. The fourth-order valence-corrected chi connectivity index (χ4v) is 3.31. The van der Waals surface area contributed by atoms with Gasteiger partial charge in [-0.2, -0.15) is 5.10 Å². The van der Waals surface area contributed by atoms with E-state index in [4.69, 9.17) is 4.74 Å². The van der Waals surface area contributed by atoms with Crippen LogP contribution >= 0.6 is 0 Å². The first-order valence-corrected chi connectivity index (χ1v) is 10.3. The van der Waals surface area contributed by atoms with Crippen molar-refractivity contribution in [3.05, 3.63) is 66.7 Å². The van der Waals surface area contributed by atoms with Crippen molar-refractivity contribution in [1.82, 2.24) is 19.7 Å². The van der Waals surface area contributed by atoms with Crippen molar-refractivity contribution < 1.29 is 9.53 Å². The predicted molar refractivity (Wildman–Crippen MR) is 121 cm³/mol. The van der Waals surface area contributed by atoms with Gasteiger partial charge in [-0.15, -0.1) is 0 Å². The molecular formula is C24H25N5O2.